The Kier molecular flexibility index (Phi) is 5.16. The van der Waals surface area contributed by atoms with E-state index >= 15 is 0 Å². The molecule has 1 N–H and O–H groups in total. The molecule has 1 spiro atoms. The van der Waals surface area contributed by atoms with Gasteiger partial charge in [0.25, 0.3) is 0 Å². The van der Waals surface area contributed by atoms with E-state index in [1.54, 1.807) is 6.92 Å². The minimum atomic E-state index is -0.845. The van der Waals surface area contributed by atoms with Crippen LogP contribution in [0, 0.1) is 11.3 Å². The molecule has 2 fully saturated rings. The van der Waals surface area contributed by atoms with E-state index in [1.165, 1.54) is 0 Å². The van der Waals surface area contributed by atoms with Gasteiger partial charge in [0.05, 0.1) is 38.3 Å². The molecule has 6 heteroatoms. The number of carbonyl (C=O) groups is 1. The molecule has 0 aromatic rings. The Hall–Kier alpha value is -0.690. The van der Waals surface area contributed by atoms with Gasteiger partial charge in [0.2, 0.25) is 0 Å². The highest BCUT2D eigenvalue weighted by Gasteiger charge is 2.48. The molecule has 2 aliphatic heterocycles. The third-order valence-electron chi connectivity index (χ3n) is 4.31. The van der Waals surface area contributed by atoms with Crippen LogP contribution >= 0.6 is 0 Å². The Bertz CT molecular complexity index is 387. The lowest BCUT2D eigenvalue weighted by atomic mass is 9.88. The van der Waals surface area contributed by atoms with Crippen molar-refractivity contribution >= 4 is 5.97 Å². The Morgan fingerprint density at radius 2 is 1.45 bits per heavy atom. The number of rotatable bonds is 5. The van der Waals surface area contributed by atoms with Crippen molar-refractivity contribution in [3.63, 3.8) is 0 Å². The maximum Gasteiger partial charge on any atom is 0.303 e. The smallest absolute Gasteiger partial charge is 0.303 e. The summed E-state index contributed by atoms with van der Waals surface area (Å²) < 4.78 is 23.5. The summed E-state index contributed by atoms with van der Waals surface area (Å²) in [6, 6.07) is 0. The van der Waals surface area contributed by atoms with Crippen LogP contribution in [0.5, 0.6) is 0 Å². The molecular formula is C16H28O6. The van der Waals surface area contributed by atoms with Gasteiger partial charge in [-0.1, -0.05) is 13.8 Å². The zero-order valence-electron chi connectivity index (χ0n) is 14.0. The van der Waals surface area contributed by atoms with Crippen LogP contribution in [0.1, 0.15) is 47.0 Å². The summed E-state index contributed by atoms with van der Waals surface area (Å²) in [5.74, 6) is -1.72. The van der Waals surface area contributed by atoms with Crippen molar-refractivity contribution in [1.29, 1.82) is 0 Å². The van der Waals surface area contributed by atoms with Gasteiger partial charge in [-0.2, -0.15) is 0 Å². The van der Waals surface area contributed by atoms with E-state index in [1.807, 2.05) is 6.92 Å². The van der Waals surface area contributed by atoms with Crippen LogP contribution in [0.25, 0.3) is 0 Å². The van der Waals surface area contributed by atoms with Crippen LogP contribution in [0.4, 0.5) is 0 Å². The fraction of sp³-hybridized carbons (Fsp3) is 0.938. The average Bonchev–Trinajstić information content (AvgIpc) is 2.43. The van der Waals surface area contributed by atoms with Crippen LogP contribution < -0.4 is 0 Å². The molecule has 0 aromatic carbocycles. The van der Waals surface area contributed by atoms with Crippen molar-refractivity contribution in [3.8, 4) is 0 Å². The van der Waals surface area contributed by atoms with Crippen molar-refractivity contribution in [2.45, 2.75) is 58.5 Å². The molecule has 2 aliphatic rings. The van der Waals surface area contributed by atoms with E-state index in [0.29, 0.717) is 38.8 Å². The molecule has 2 heterocycles. The van der Waals surface area contributed by atoms with Crippen molar-refractivity contribution in [2.75, 3.05) is 26.4 Å². The number of ether oxygens (including phenoxy) is 4. The number of hydrogen-bond donors (Lipinski definition) is 1. The fourth-order valence-electron chi connectivity index (χ4n) is 2.89. The topological polar surface area (TPSA) is 74.2 Å². The van der Waals surface area contributed by atoms with Crippen LogP contribution in [-0.2, 0) is 23.7 Å². The quantitative estimate of drug-likeness (QED) is 0.839. The zero-order chi connectivity index (χ0) is 16.4. The number of hydrogen-bond acceptors (Lipinski definition) is 5. The Balaban J connectivity index is 1.85. The molecule has 0 saturated carbocycles. The summed E-state index contributed by atoms with van der Waals surface area (Å²) in [5.41, 5.74) is -0.292. The second-order valence-electron chi connectivity index (χ2n) is 7.41. The molecule has 0 atom stereocenters. The predicted molar refractivity (Wildman–Crippen MR) is 79.4 cm³/mol. The summed E-state index contributed by atoms with van der Waals surface area (Å²) in [6.07, 6.45) is 1.22. The fourth-order valence-corrected chi connectivity index (χ4v) is 2.89. The molecule has 128 valence electrons. The maximum absolute atomic E-state index is 10.7. The van der Waals surface area contributed by atoms with E-state index in [0.717, 1.165) is 6.42 Å². The minimum absolute atomic E-state index is 0.0307. The largest absolute Gasteiger partial charge is 0.481 e. The van der Waals surface area contributed by atoms with Crippen molar-refractivity contribution < 1.29 is 28.8 Å². The predicted octanol–water partition coefficient (Wildman–Crippen LogP) is 2.41. The molecule has 22 heavy (non-hydrogen) atoms. The second kappa shape index (κ2) is 6.43. The van der Waals surface area contributed by atoms with E-state index < -0.39 is 17.5 Å². The first-order valence-corrected chi connectivity index (χ1v) is 7.94. The highest BCUT2D eigenvalue weighted by Crippen LogP contribution is 2.39. The molecule has 0 aromatic heterocycles. The molecule has 6 nitrogen and oxygen atoms in total. The summed E-state index contributed by atoms with van der Waals surface area (Å²) in [4.78, 5) is 10.7. The zero-order valence-corrected chi connectivity index (χ0v) is 14.0. The molecule has 2 saturated heterocycles. The highest BCUT2D eigenvalue weighted by atomic mass is 16.7. The van der Waals surface area contributed by atoms with Gasteiger partial charge >= 0.3 is 5.97 Å². The van der Waals surface area contributed by atoms with Gasteiger partial charge in [0, 0.05) is 12.8 Å². The standard InChI is InChI=1S/C16H28O6/c1-12(2)7-15(4)21-10-16(11-22-15)8-19-14(3,20-9-16)6-5-13(17)18/h12H,5-11H2,1-4H3,(H,17,18). The van der Waals surface area contributed by atoms with Crippen LogP contribution in [-0.4, -0.2) is 49.1 Å². The van der Waals surface area contributed by atoms with Crippen molar-refractivity contribution in [2.24, 2.45) is 11.3 Å². The first-order valence-electron chi connectivity index (χ1n) is 7.94. The normalized spacial score (nSPS) is 39.3. The van der Waals surface area contributed by atoms with Gasteiger partial charge in [-0.3, -0.25) is 4.79 Å². The monoisotopic (exact) mass is 316 g/mol. The van der Waals surface area contributed by atoms with Gasteiger partial charge in [-0.15, -0.1) is 0 Å². The van der Waals surface area contributed by atoms with Crippen LogP contribution in [0.3, 0.4) is 0 Å². The van der Waals surface area contributed by atoms with Crippen LogP contribution in [0.2, 0.25) is 0 Å². The molecule has 0 radical (unpaired) electrons. The minimum Gasteiger partial charge on any atom is -0.481 e. The molecule has 0 unspecified atom stereocenters. The van der Waals surface area contributed by atoms with Gasteiger partial charge in [-0.25, -0.2) is 0 Å². The van der Waals surface area contributed by atoms with Crippen molar-refractivity contribution in [1.82, 2.24) is 0 Å². The molecule has 0 aliphatic carbocycles. The molecule has 2 rings (SSSR count). The number of aliphatic carboxylic acids is 1. The molecule has 0 bridgehead atoms. The van der Waals surface area contributed by atoms with E-state index in [4.69, 9.17) is 24.1 Å². The van der Waals surface area contributed by atoms with Gasteiger partial charge in [0.1, 0.15) is 0 Å². The molecular weight excluding hydrogens is 288 g/mol. The summed E-state index contributed by atoms with van der Waals surface area (Å²) in [7, 11) is 0. The van der Waals surface area contributed by atoms with Crippen LogP contribution in [0.15, 0.2) is 0 Å². The lowest BCUT2D eigenvalue weighted by molar-refractivity contribution is -0.363. The Morgan fingerprint density at radius 1 is 1.00 bits per heavy atom. The second-order valence-corrected chi connectivity index (χ2v) is 7.41. The lowest BCUT2D eigenvalue weighted by Gasteiger charge is -2.50. The summed E-state index contributed by atoms with van der Waals surface area (Å²) in [6.45, 7) is 10.0. The first kappa shape index (κ1) is 17.7. The van der Waals surface area contributed by atoms with Gasteiger partial charge in [-0.05, 0) is 19.8 Å². The summed E-state index contributed by atoms with van der Waals surface area (Å²) >= 11 is 0. The Labute approximate surface area is 132 Å². The van der Waals surface area contributed by atoms with E-state index in [2.05, 4.69) is 13.8 Å². The third-order valence-corrected chi connectivity index (χ3v) is 4.31. The third kappa shape index (κ3) is 4.41. The average molecular weight is 316 g/mol. The lowest BCUT2D eigenvalue weighted by Crippen LogP contribution is -2.57. The molecule has 0 amide bonds. The highest BCUT2D eigenvalue weighted by molar-refractivity contribution is 5.66. The maximum atomic E-state index is 10.7. The van der Waals surface area contributed by atoms with Gasteiger partial charge < -0.3 is 24.1 Å². The first-order chi connectivity index (χ1) is 10.2. The van der Waals surface area contributed by atoms with E-state index in [-0.39, 0.29) is 11.8 Å². The SMILES string of the molecule is CC(C)CC1(C)OCC2(COC(C)(CCC(=O)O)OC2)CO1. The number of carboxylic acid groups (broad SMARTS) is 1. The summed E-state index contributed by atoms with van der Waals surface area (Å²) in [5, 5.41) is 8.78. The Morgan fingerprint density at radius 3 is 1.86 bits per heavy atom. The number of carboxylic acids is 1. The van der Waals surface area contributed by atoms with Crippen molar-refractivity contribution in [3.05, 3.63) is 0 Å². The van der Waals surface area contributed by atoms with E-state index in [9.17, 15) is 4.79 Å². The van der Waals surface area contributed by atoms with Gasteiger partial charge in [0.15, 0.2) is 11.6 Å².